The number of carbonyl (C=O) groups is 2. The maximum Gasteiger partial charge on any atom is 0.256 e. The van der Waals surface area contributed by atoms with Gasteiger partial charge in [0.15, 0.2) is 0 Å². The third-order valence-electron chi connectivity index (χ3n) is 3.75. The Balaban J connectivity index is 1.87. The lowest BCUT2D eigenvalue weighted by Crippen LogP contribution is -2.48. The van der Waals surface area contributed by atoms with Gasteiger partial charge in [0.2, 0.25) is 5.91 Å². The quantitative estimate of drug-likeness (QED) is 0.777. The molecule has 0 aliphatic carbocycles. The van der Waals surface area contributed by atoms with Crippen LogP contribution >= 0.6 is 43.2 Å². The fourth-order valence-corrected chi connectivity index (χ4v) is 5.62. The van der Waals surface area contributed by atoms with Crippen LogP contribution in [0.25, 0.3) is 0 Å². The van der Waals surface area contributed by atoms with E-state index in [1.807, 2.05) is 11.0 Å². The summed E-state index contributed by atoms with van der Waals surface area (Å²) < 4.78 is 1.76. The number of nitrogens with zero attached hydrogens (tertiary/aromatic N) is 1. The molecule has 3 rings (SSSR count). The molecule has 2 unspecified atom stereocenters. The molecule has 2 aliphatic heterocycles. The van der Waals surface area contributed by atoms with Crippen LogP contribution in [0.5, 0.6) is 0 Å². The average Bonchev–Trinajstić information content (AvgIpc) is 2.92. The molecule has 0 bridgehead atoms. The van der Waals surface area contributed by atoms with Gasteiger partial charge >= 0.3 is 0 Å². The second-order valence-electron chi connectivity index (χ2n) is 4.80. The maximum atomic E-state index is 12.6. The number of halogens is 2. The van der Waals surface area contributed by atoms with Crippen LogP contribution in [-0.2, 0) is 4.79 Å². The Morgan fingerprint density at radius 1 is 1.47 bits per heavy atom. The zero-order valence-corrected chi connectivity index (χ0v) is 14.0. The van der Waals surface area contributed by atoms with E-state index in [4.69, 9.17) is 0 Å². The van der Waals surface area contributed by atoms with Crippen molar-refractivity contribution < 1.29 is 9.59 Å². The molecule has 1 aromatic rings. The van der Waals surface area contributed by atoms with E-state index in [-0.39, 0.29) is 23.8 Å². The van der Waals surface area contributed by atoms with Crippen molar-refractivity contribution in [1.29, 1.82) is 0 Å². The fraction of sp³-hybridized carbons (Fsp3) is 0.500. The first-order valence-corrected chi connectivity index (χ1v) is 8.51. The van der Waals surface area contributed by atoms with Crippen molar-refractivity contribution in [2.75, 3.05) is 13.1 Å². The van der Waals surface area contributed by atoms with Gasteiger partial charge in [0.25, 0.3) is 5.91 Å². The highest BCUT2D eigenvalue weighted by molar-refractivity contribution is 9.12. The highest BCUT2D eigenvalue weighted by Gasteiger charge is 2.43. The minimum absolute atomic E-state index is 0.0133. The summed E-state index contributed by atoms with van der Waals surface area (Å²) in [6.45, 7) is 1.31. The van der Waals surface area contributed by atoms with Crippen molar-refractivity contribution in [3.05, 3.63) is 19.2 Å². The average molecular weight is 408 g/mol. The molecule has 2 atom stereocenters. The molecule has 19 heavy (non-hydrogen) atoms. The Labute approximate surface area is 131 Å². The number of thiophene rings is 1. The van der Waals surface area contributed by atoms with Crippen LogP contribution < -0.4 is 5.32 Å². The molecular formula is C12H12Br2N2O2S. The monoisotopic (exact) mass is 406 g/mol. The van der Waals surface area contributed by atoms with Gasteiger partial charge in [0.05, 0.1) is 25.1 Å². The van der Waals surface area contributed by atoms with E-state index in [1.165, 1.54) is 11.3 Å². The zero-order valence-electron chi connectivity index (χ0n) is 9.99. The van der Waals surface area contributed by atoms with E-state index in [1.54, 1.807) is 0 Å². The second kappa shape index (κ2) is 5.18. The lowest BCUT2D eigenvalue weighted by Gasteiger charge is -2.35. The van der Waals surface area contributed by atoms with Crippen molar-refractivity contribution in [1.82, 2.24) is 10.2 Å². The molecule has 0 radical (unpaired) electrons. The van der Waals surface area contributed by atoms with Crippen LogP contribution in [0.4, 0.5) is 0 Å². The normalized spacial score (nSPS) is 26.2. The zero-order chi connectivity index (χ0) is 13.6. The van der Waals surface area contributed by atoms with Crippen molar-refractivity contribution in [2.24, 2.45) is 5.92 Å². The summed E-state index contributed by atoms with van der Waals surface area (Å²) in [5.74, 6) is 0.0756. The van der Waals surface area contributed by atoms with Crippen LogP contribution in [0.15, 0.2) is 13.6 Å². The Kier molecular flexibility index (Phi) is 3.70. The summed E-state index contributed by atoms with van der Waals surface area (Å²) in [4.78, 5) is 26.2. The molecule has 2 aliphatic rings. The summed E-state index contributed by atoms with van der Waals surface area (Å²) in [5, 5.41) is 2.87. The number of nitrogens with one attached hydrogen (secondary N) is 1. The van der Waals surface area contributed by atoms with E-state index in [0.29, 0.717) is 12.1 Å². The van der Waals surface area contributed by atoms with E-state index in [2.05, 4.69) is 37.2 Å². The highest BCUT2D eigenvalue weighted by atomic mass is 79.9. The lowest BCUT2D eigenvalue weighted by atomic mass is 9.91. The molecule has 0 spiro atoms. The number of likely N-dealkylation sites (tertiary alicyclic amines) is 1. The molecule has 102 valence electrons. The smallest absolute Gasteiger partial charge is 0.256 e. The van der Waals surface area contributed by atoms with Gasteiger partial charge in [-0.1, -0.05) is 0 Å². The number of hydrogen-bond donors (Lipinski definition) is 1. The van der Waals surface area contributed by atoms with Gasteiger partial charge in [0.1, 0.15) is 0 Å². The number of carbonyl (C=O) groups excluding carboxylic acids is 2. The van der Waals surface area contributed by atoms with Crippen LogP contribution in [0.2, 0.25) is 0 Å². The van der Waals surface area contributed by atoms with Crippen molar-refractivity contribution in [3.63, 3.8) is 0 Å². The second-order valence-corrected chi connectivity index (χ2v) is 8.55. The Morgan fingerprint density at radius 3 is 2.95 bits per heavy atom. The topological polar surface area (TPSA) is 49.4 Å². The molecule has 1 N–H and O–H groups in total. The van der Waals surface area contributed by atoms with Gasteiger partial charge in [-0.2, -0.15) is 0 Å². The van der Waals surface area contributed by atoms with Crippen LogP contribution in [0.3, 0.4) is 0 Å². The van der Waals surface area contributed by atoms with Crippen LogP contribution in [0, 0.1) is 5.92 Å². The highest BCUT2D eigenvalue weighted by Crippen LogP contribution is 2.35. The molecule has 2 amide bonds. The number of amides is 2. The molecule has 1 aromatic heterocycles. The third-order valence-corrected chi connectivity index (χ3v) is 6.09. The van der Waals surface area contributed by atoms with Gasteiger partial charge < -0.3 is 10.2 Å². The van der Waals surface area contributed by atoms with Gasteiger partial charge in [-0.05, 0) is 50.8 Å². The van der Waals surface area contributed by atoms with E-state index in [0.717, 1.165) is 27.0 Å². The van der Waals surface area contributed by atoms with Gasteiger partial charge in [-0.15, -0.1) is 11.3 Å². The Bertz CT molecular complexity index is 546. The van der Waals surface area contributed by atoms with E-state index < -0.39 is 0 Å². The fourth-order valence-electron chi connectivity index (χ4n) is 2.84. The first-order chi connectivity index (χ1) is 9.08. The molecule has 0 saturated carbocycles. The standard InChI is InChI=1S/C12H12Br2N2O2S/c13-9-4-7(10(14)19-9)12(18)16-3-1-2-6-8(16)5-15-11(6)17/h4,6,8H,1-3,5H2,(H,15,17). The van der Waals surface area contributed by atoms with Gasteiger partial charge in [-0.3, -0.25) is 9.59 Å². The number of rotatable bonds is 1. The predicted molar refractivity (Wildman–Crippen MR) is 80.3 cm³/mol. The first kappa shape index (κ1) is 13.6. The van der Waals surface area contributed by atoms with Crippen molar-refractivity contribution in [2.45, 2.75) is 18.9 Å². The molecule has 0 aromatic carbocycles. The van der Waals surface area contributed by atoms with Gasteiger partial charge in [-0.25, -0.2) is 0 Å². The summed E-state index contributed by atoms with van der Waals surface area (Å²) in [6, 6.07) is 1.85. The number of piperidine rings is 1. The van der Waals surface area contributed by atoms with Gasteiger partial charge in [0, 0.05) is 13.1 Å². The third kappa shape index (κ3) is 2.36. The van der Waals surface area contributed by atoms with E-state index in [9.17, 15) is 9.59 Å². The van der Waals surface area contributed by atoms with Crippen molar-refractivity contribution >= 4 is 55.0 Å². The lowest BCUT2D eigenvalue weighted by molar-refractivity contribution is -0.123. The SMILES string of the molecule is O=C1NCC2C1CCCN2C(=O)c1cc(Br)sc1Br. The molecule has 3 heterocycles. The first-order valence-electron chi connectivity index (χ1n) is 6.11. The summed E-state index contributed by atoms with van der Waals surface area (Å²) in [6.07, 6.45) is 1.78. The van der Waals surface area contributed by atoms with Crippen LogP contribution in [-0.4, -0.2) is 35.8 Å². The van der Waals surface area contributed by atoms with Crippen molar-refractivity contribution in [3.8, 4) is 0 Å². The Morgan fingerprint density at radius 2 is 2.26 bits per heavy atom. The minimum Gasteiger partial charge on any atom is -0.354 e. The predicted octanol–water partition coefficient (Wildman–Crippen LogP) is 2.62. The van der Waals surface area contributed by atoms with Crippen LogP contribution in [0.1, 0.15) is 23.2 Å². The minimum atomic E-state index is -0.0291. The number of hydrogen-bond acceptors (Lipinski definition) is 3. The Hall–Kier alpha value is -0.400. The summed E-state index contributed by atoms with van der Waals surface area (Å²) >= 11 is 8.31. The molecule has 7 heteroatoms. The molecule has 4 nitrogen and oxygen atoms in total. The summed E-state index contributed by atoms with van der Waals surface area (Å²) in [7, 11) is 0. The molecule has 2 saturated heterocycles. The maximum absolute atomic E-state index is 12.6. The molecular weight excluding hydrogens is 396 g/mol. The number of fused-ring (bicyclic) bond motifs is 1. The molecule has 2 fully saturated rings. The van der Waals surface area contributed by atoms with E-state index >= 15 is 0 Å². The largest absolute Gasteiger partial charge is 0.354 e. The summed E-state index contributed by atoms with van der Waals surface area (Å²) in [5.41, 5.74) is 0.678.